The van der Waals surface area contributed by atoms with Gasteiger partial charge in [-0.3, -0.25) is 4.79 Å². The zero-order valence-electron chi connectivity index (χ0n) is 12.5. The Morgan fingerprint density at radius 3 is 2.58 bits per heavy atom. The predicted octanol–water partition coefficient (Wildman–Crippen LogP) is 1.98. The molecule has 1 aliphatic heterocycles. The molecule has 1 saturated carbocycles. The molecule has 1 unspecified atom stereocenters. The molecule has 0 N–H and O–H groups in total. The van der Waals surface area contributed by atoms with Crippen molar-refractivity contribution in [2.24, 2.45) is 11.3 Å². The van der Waals surface area contributed by atoms with Crippen molar-refractivity contribution in [3.05, 3.63) is 0 Å². The zero-order valence-corrected chi connectivity index (χ0v) is 12.5. The molecule has 3 nitrogen and oxygen atoms in total. The van der Waals surface area contributed by atoms with Gasteiger partial charge >= 0.3 is 0 Å². The molecule has 2 fully saturated rings. The van der Waals surface area contributed by atoms with Gasteiger partial charge in [-0.05, 0) is 51.1 Å². The maximum atomic E-state index is 12.0. The van der Waals surface area contributed by atoms with Gasteiger partial charge in [0.05, 0.1) is 0 Å². The lowest BCUT2D eigenvalue weighted by Crippen LogP contribution is -2.38. The van der Waals surface area contributed by atoms with Crippen LogP contribution >= 0.6 is 0 Å². The number of carbonyl (C=O) groups excluding carboxylic acids is 1. The van der Waals surface area contributed by atoms with E-state index in [2.05, 4.69) is 30.8 Å². The van der Waals surface area contributed by atoms with Gasteiger partial charge in [0, 0.05) is 19.6 Å². The second-order valence-electron chi connectivity index (χ2n) is 6.44. The van der Waals surface area contributed by atoms with Crippen LogP contribution in [0.1, 0.15) is 39.0 Å². The van der Waals surface area contributed by atoms with Gasteiger partial charge in [0.1, 0.15) is 0 Å². The van der Waals surface area contributed by atoms with Crippen LogP contribution in [0.5, 0.6) is 0 Å². The van der Waals surface area contributed by atoms with Gasteiger partial charge in [0.15, 0.2) is 0 Å². The largest absolute Gasteiger partial charge is 0.331 e. The molecule has 19 heavy (non-hydrogen) atoms. The van der Waals surface area contributed by atoms with Crippen LogP contribution in [0.25, 0.3) is 0 Å². The Labute approximate surface area is 117 Å². The summed E-state index contributed by atoms with van der Waals surface area (Å²) in [7, 11) is 4.26. The fourth-order valence-corrected chi connectivity index (χ4v) is 3.89. The van der Waals surface area contributed by atoms with E-state index in [1.807, 2.05) is 4.90 Å². The van der Waals surface area contributed by atoms with Crippen molar-refractivity contribution in [2.75, 3.05) is 33.7 Å². The molecule has 106 valence electrons. The summed E-state index contributed by atoms with van der Waals surface area (Å²) in [6.07, 6.45) is 6.58. The molecular formula is C16H26N2O. The van der Waals surface area contributed by atoms with E-state index >= 15 is 0 Å². The lowest BCUT2D eigenvalue weighted by atomic mass is 9.67. The van der Waals surface area contributed by atoms with E-state index in [4.69, 9.17) is 0 Å². The van der Waals surface area contributed by atoms with Crippen molar-refractivity contribution in [2.45, 2.75) is 39.0 Å². The fourth-order valence-electron chi connectivity index (χ4n) is 3.89. The Kier molecular flexibility index (Phi) is 4.52. The fraction of sp³-hybridized carbons (Fsp3) is 0.812. The topological polar surface area (TPSA) is 23.6 Å². The van der Waals surface area contributed by atoms with E-state index < -0.39 is 0 Å². The van der Waals surface area contributed by atoms with Crippen LogP contribution < -0.4 is 0 Å². The van der Waals surface area contributed by atoms with Gasteiger partial charge in [-0.25, -0.2) is 0 Å². The maximum Gasteiger partial charge on any atom is 0.298 e. The van der Waals surface area contributed by atoms with Crippen LogP contribution in [-0.4, -0.2) is 49.4 Å². The third-order valence-corrected chi connectivity index (χ3v) is 4.77. The van der Waals surface area contributed by atoms with E-state index in [0.717, 1.165) is 19.6 Å². The molecule has 1 saturated heterocycles. The van der Waals surface area contributed by atoms with Gasteiger partial charge in [-0.1, -0.05) is 25.2 Å². The number of nitrogens with zero attached hydrogens (tertiary/aromatic N) is 2. The number of hydrogen-bond donors (Lipinski definition) is 0. The standard InChI is InChI=1S/C16H26N2O/c1-4-8-15(19)18-12-14(11-17(2)3)16(13-18)9-6-5-7-10-16/h14H,5-7,9-13H2,1-3H3. The van der Waals surface area contributed by atoms with Gasteiger partial charge in [-0.15, -0.1) is 0 Å². The second-order valence-corrected chi connectivity index (χ2v) is 6.44. The molecule has 1 amide bonds. The van der Waals surface area contributed by atoms with Crippen LogP contribution in [-0.2, 0) is 4.79 Å². The minimum atomic E-state index is 0.0219. The first-order valence-corrected chi connectivity index (χ1v) is 7.44. The minimum Gasteiger partial charge on any atom is -0.331 e. The van der Waals surface area contributed by atoms with Gasteiger partial charge in [0.25, 0.3) is 5.91 Å². The van der Waals surface area contributed by atoms with Crippen LogP contribution in [0.3, 0.4) is 0 Å². The third kappa shape index (κ3) is 3.12. The quantitative estimate of drug-likeness (QED) is 0.711. The Morgan fingerprint density at radius 1 is 1.32 bits per heavy atom. The normalized spacial score (nSPS) is 25.5. The maximum absolute atomic E-state index is 12.0. The minimum absolute atomic E-state index is 0.0219. The van der Waals surface area contributed by atoms with E-state index in [9.17, 15) is 4.79 Å². The van der Waals surface area contributed by atoms with Gasteiger partial charge in [-0.2, -0.15) is 0 Å². The monoisotopic (exact) mass is 262 g/mol. The van der Waals surface area contributed by atoms with Crippen LogP contribution in [0.4, 0.5) is 0 Å². The summed E-state index contributed by atoms with van der Waals surface area (Å²) in [4.78, 5) is 16.3. The van der Waals surface area contributed by atoms with E-state index in [0.29, 0.717) is 11.3 Å². The molecule has 2 rings (SSSR count). The first-order valence-electron chi connectivity index (χ1n) is 7.44. The van der Waals surface area contributed by atoms with Gasteiger partial charge < -0.3 is 9.80 Å². The smallest absolute Gasteiger partial charge is 0.298 e. The molecular weight excluding hydrogens is 236 g/mol. The summed E-state index contributed by atoms with van der Waals surface area (Å²) in [5.74, 6) is 6.08. The van der Waals surface area contributed by atoms with E-state index in [-0.39, 0.29) is 5.91 Å². The average Bonchev–Trinajstić information content (AvgIpc) is 2.69. The SMILES string of the molecule is CC#CC(=O)N1CC(CN(C)C)C2(CCCCC2)C1. The number of rotatable bonds is 2. The van der Waals surface area contributed by atoms with Crippen molar-refractivity contribution in [1.82, 2.24) is 9.80 Å². The molecule has 0 radical (unpaired) electrons. The highest BCUT2D eigenvalue weighted by molar-refractivity contribution is 5.93. The van der Waals surface area contributed by atoms with Crippen molar-refractivity contribution >= 4 is 5.91 Å². The Morgan fingerprint density at radius 2 is 2.00 bits per heavy atom. The lowest BCUT2D eigenvalue weighted by Gasteiger charge is -2.39. The summed E-state index contributed by atoms with van der Waals surface area (Å²) in [6.45, 7) is 4.65. The highest BCUT2D eigenvalue weighted by atomic mass is 16.2. The van der Waals surface area contributed by atoms with Crippen LogP contribution in [0.2, 0.25) is 0 Å². The predicted molar refractivity (Wildman–Crippen MR) is 77.6 cm³/mol. The molecule has 0 bridgehead atoms. The summed E-state index contributed by atoms with van der Waals surface area (Å²) >= 11 is 0. The number of hydrogen-bond acceptors (Lipinski definition) is 2. The molecule has 1 atom stereocenters. The molecule has 1 heterocycles. The van der Waals surface area contributed by atoms with E-state index in [1.54, 1.807) is 6.92 Å². The van der Waals surface area contributed by atoms with Crippen molar-refractivity contribution < 1.29 is 4.79 Å². The van der Waals surface area contributed by atoms with Crippen molar-refractivity contribution in [1.29, 1.82) is 0 Å². The molecule has 2 aliphatic rings. The van der Waals surface area contributed by atoms with E-state index in [1.165, 1.54) is 32.1 Å². The molecule has 0 aromatic heterocycles. The summed E-state index contributed by atoms with van der Waals surface area (Å²) in [6, 6.07) is 0. The van der Waals surface area contributed by atoms with Crippen molar-refractivity contribution in [3.63, 3.8) is 0 Å². The Hall–Kier alpha value is -1.01. The number of amides is 1. The lowest BCUT2D eigenvalue weighted by molar-refractivity contribution is -0.124. The summed E-state index contributed by atoms with van der Waals surface area (Å²) in [5, 5.41) is 0. The molecule has 3 heteroatoms. The van der Waals surface area contributed by atoms with Crippen LogP contribution in [0, 0.1) is 23.2 Å². The highest BCUT2D eigenvalue weighted by Gasteiger charge is 2.47. The Balaban J connectivity index is 2.13. The molecule has 0 aromatic carbocycles. The summed E-state index contributed by atoms with van der Waals surface area (Å²) < 4.78 is 0. The zero-order chi connectivity index (χ0) is 13.9. The third-order valence-electron chi connectivity index (χ3n) is 4.77. The van der Waals surface area contributed by atoms with Gasteiger partial charge in [0.2, 0.25) is 0 Å². The second kappa shape index (κ2) is 5.96. The first kappa shape index (κ1) is 14.4. The molecule has 1 spiro atoms. The first-order chi connectivity index (χ1) is 9.07. The highest BCUT2D eigenvalue weighted by Crippen LogP contribution is 2.47. The summed E-state index contributed by atoms with van der Waals surface area (Å²) in [5.41, 5.74) is 0.369. The Bertz CT molecular complexity index is 385. The molecule has 1 aliphatic carbocycles. The molecule has 0 aromatic rings. The van der Waals surface area contributed by atoms with Crippen LogP contribution in [0.15, 0.2) is 0 Å². The number of carbonyl (C=O) groups is 1. The number of likely N-dealkylation sites (tertiary alicyclic amines) is 1. The average molecular weight is 262 g/mol. The van der Waals surface area contributed by atoms with Crippen molar-refractivity contribution in [3.8, 4) is 11.8 Å².